The number of carbonyl (C=O) groups excluding carboxylic acids is 1. The molecule has 7 heteroatoms. The maximum atomic E-state index is 11.6. The van der Waals surface area contributed by atoms with Gasteiger partial charge < -0.3 is 19.4 Å². The van der Waals surface area contributed by atoms with Crippen molar-refractivity contribution < 1.29 is 14.3 Å². The van der Waals surface area contributed by atoms with Crippen molar-refractivity contribution in [1.29, 1.82) is 0 Å². The lowest BCUT2D eigenvalue weighted by molar-refractivity contribution is 0.0587. The molecule has 0 unspecified atom stereocenters. The topological polar surface area (TPSA) is 69.6 Å². The van der Waals surface area contributed by atoms with Crippen LogP contribution in [0.4, 0.5) is 0 Å². The summed E-state index contributed by atoms with van der Waals surface area (Å²) in [5.74, 6) is -0.227. The molecule has 0 aromatic carbocycles. The molecule has 1 aliphatic rings. The number of rotatable bonds is 3. The van der Waals surface area contributed by atoms with E-state index in [0.29, 0.717) is 0 Å². The van der Waals surface area contributed by atoms with Crippen molar-refractivity contribution in [3.8, 4) is 5.75 Å². The Bertz CT molecular complexity index is 496. The molecule has 1 saturated heterocycles. The fraction of sp³-hybridized carbons (Fsp3) is 0.455. The zero-order chi connectivity index (χ0) is 12.4. The standard InChI is InChI=1S/C11H14N2O4.ClH/c1-13-6-8(11(15)16-2)9(3-10(13)14)17-7-4-12-5-7;/h3,6-7,12H,4-5H2,1-2H3;1H. The highest BCUT2D eigenvalue weighted by atomic mass is 35.5. The molecular formula is C11H15ClN2O4. The summed E-state index contributed by atoms with van der Waals surface area (Å²) in [6.07, 6.45) is 1.43. The third-order valence-corrected chi connectivity index (χ3v) is 2.63. The molecule has 1 aliphatic heterocycles. The van der Waals surface area contributed by atoms with E-state index in [-0.39, 0.29) is 35.4 Å². The van der Waals surface area contributed by atoms with Crippen LogP contribution in [-0.4, -0.2) is 36.8 Å². The highest BCUT2D eigenvalue weighted by Crippen LogP contribution is 2.19. The molecule has 18 heavy (non-hydrogen) atoms. The normalized spacial score (nSPS) is 14.3. The highest BCUT2D eigenvalue weighted by molar-refractivity contribution is 5.92. The monoisotopic (exact) mass is 274 g/mol. The van der Waals surface area contributed by atoms with Crippen LogP contribution in [-0.2, 0) is 11.8 Å². The van der Waals surface area contributed by atoms with Crippen molar-refractivity contribution in [3.05, 3.63) is 28.2 Å². The summed E-state index contributed by atoms with van der Waals surface area (Å²) in [5, 5.41) is 3.05. The second-order valence-corrected chi connectivity index (χ2v) is 3.89. The molecule has 0 spiro atoms. The van der Waals surface area contributed by atoms with E-state index in [1.807, 2.05) is 0 Å². The Hall–Kier alpha value is -1.53. The number of aryl methyl sites for hydroxylation is 1. The van der Waals surface area contributed by atoms with Gasteiger partial charge in [-0.3, -0.25) is 4.79 Å². The number of ether oxygens (including phenoxy) is 2. The molecule has 2 heterocycles. The van der Waals surface area contributed by atoms with Crippen LogP contribution in [0.1, 0.15) is 10.4 Å². The van der Waals surface area contributed by atoms with E-state index in [0.717, 1.165) is 13.1 Å². The number of esters is 1. The highest BCUT2D eigenvalue weighted by Gasteiger charge is 2.22. The third-order valence-electron chi connectivity index (χ3n) is 2.63. The molecule has 0 aliphatic carbocycles. The fourth-order valence-electron chi connectivity index (χ4n) is 1.50. The third kappa shape index (κ3) is 2.83. The van der Waals surface area contributed by atoms with Crippen LogP contribution < -0.4 is 15.6 Å². The number of halogens is 1. The van der Waals surface area contributed by atoms with Gasteiger partial charge in [-0.05, 0) is 0 Å². The van der Waals surface area contributed by atoms with Gasteiger partial charge in [-0.15, -0.1) is 12.4 Å². The molecule has 0 atom stereocenters. The lowest BCUT2D eigenvalue weighted by atomic mass is 10.2. The SMILES string of the molecule is COC(=O)c1cn(C)c(=O)cc1OC1CNC1.Cl. The molecule has 2 rings (SSSR count). The predicted molar refractivity (Wildman–Crippen MR) is 67.6 cm³/mol. The summed E-state index contributed by atoms with van der Waals surface area (Å²) in [6, 6.07) is 1.31. The largest absolute Gasteiger partial charge is 0.487 e. The molecule has 0 bridgehead atoms. The average Bonchev–Trinajstić information content (AvgIpc) is 2.26. The Balaban J connectivity index is 0.00000162. The number of carbonyl (C=O) groups is 1. The number of pyridine rings is 1. The van der Waals surface area contributed by atoms with E-state index in [9.17, 15) is 9.59 Å². The average molecular weight is 275 g/mol. The first kappa shape index (κ1) is 14.5. The quantitative estimate of drug-likeness (QED) is 0.783. The fourth-order valence-corrected chi connectivity index (χ4v) is 1.50. The minimum Gasteiger partial charge on any atom is -0.487 e. The van der Waals surface area contributed by atoms with Crippen molar-refractivity contribution in [3.63, 3.8) is 0 Å². The number of aromatic nitrogens is 1. The predicted octanol–water partition coefficient (Wildman–Crippen LogP) is -0.0557. The zero-order valence-electron chi connectivity index (χ0n) is 10.1. The lowest BCUT2D eigenvalue weighted by Gasteiger charge is -2.28. The van der Waals surface area contributed by atoms with E-state index in [1.54, 1.807) is 7.05 Å². The van der Waals surface area contributed by atoms with E-state index in [4.69, 9.17) is 4.74 Å². The molecule has 100 valence electrons. The Labute approximate surface area is 110 Å². The number of nitrogens with zero attached hydrogens (tertiary/aromatic N) is 1. The van der Waals surface area contributed by atoms with Gasteiger partial charge in [0, 0.05) is 32.4 Å². The Kier molecular flexibility index (Phi) is 4.75. The molecule has 0 radical (unpaired) electrons. The summed E-state index contributed by atoms with van der Waals surface area (Å²) in [6.45, 7) is 1.44. The van der Waals surface area contributed by atoms with Gasteiger partial charge in [-0.2, -0.15) is 0 Å². The van der Waals surface area contributed by atoms with Crippen LogP contribution in [0.5, 0.6) is 5.75 Å². The molecule has 0 saturated carbocycles. The van der Waals surface area contributed by atoms with Gasteiger partial charge in [-0.1, -0.05) is 0 Å². The second kappa shape index (κ2) is 5.88. The van der Waals surface area contributed by atoms with Gasteiger partial charge in [0.1, 0.15) is 17.4 Å². The van der Waals surface area contributed by atoms with E-state index in [2.05, 4.69) is 10.1 Å². The number of methoxy groups -OCH3 is 1. The van der Waals surface area contributed by atoms with Gasteiger partial charge >= 0.3 is 5.97 Å². The molecule has 1 aromatic rings. The van der Waals surface area contributed by atoms with Crippen LogP contribution >= 0.6 is 12.4 Å². The second-order valence-electron chi connectivity index (χ2n) is 3.89. The van der Waals surface area contributed by atoms with Crippen molar-refractivity contribution in [2.75, 3.05) is 20.2 Å². The molecular weight excluding hydrogens is 260 g/mol. The Morgan fingerprint density at radius 3 is 2.67 bits per heavy atom. The van der Waals surface area contributed by atoms with Crippen molar-refractivity contribution in [2.24, 2.45) is 7.05 Å². The maximum absolute atomic E-state index is 11.6. The summed E-state index contributed by atoms with van der Waals surface area (Å²) in [5.41, 5.74) is 0.0430. The molecule has 1 aromatic heterocycles. The minimum absolute atomic E-state index is 0. The Morgan fingerprint density at radius 1 is 1.50 bits per heavy atom. The van der Waals surface area contributed by atoms with Gasteiger partial charge in [-0.25, -0.2) is 4.79 Å². The molecule has 6 nitrogen and oxygen atoms in total. The first-order valence-corrected chi connectivity index (χ1v) is 5.28. The van der Waals surface area contributed by atoms with Gasteiger partial charge in [0.25, 0.3) is 5.56 Å². The van der Waals surface area contributed by atoms with E-state index >= 15 is 0 Å². The van der Waals surface area contributed by atoms with Crippen LogP contribution in [0, 0.1) is 0 Å². The van der Waals surface area contributed by atoms with Gasteiger partial charge in [0.15, 0.2) is 0 Å². The maximum Gasteiger partial charge on any atom is 0.343 e. The van der Waals surface area contributed by atoms with Gasteiger partial charge in [0.2, 0.25) is 0 Å². The summed E-state index contributed by atoms with van der Waals surface area (Å²) in [4.78, 5) is 23.1. The number of hydrogen-bond acceptors (Lipinski definition) is 5. The van der Waals surface area contributed by atoms with E-state index < -0.39 is 5.97 Å². The smallest absolute Gasteiger partial charge is 0.343 e. The minimum atomic E-state index is -0.511. The number of nitrogens with one attached hydrogen (secondary N) is 1. The van der Waals surface area contributed by atoms with Gasteiger partial charge in [0.05, 0.1) is 7.11 Å². The summed E-state index contributed by atoms with van der Waals surface area (Å²) < 4.78 is 11.5. The van der Waals surface area contributed by atoms with Crippen molar-refractivity contribution in [2.45, 2.75) is 6.10 Å². The van der Waals surface area contributed by atoms with Crippen LogP contribution in [0.15, 0.2) is 17.1 Å². The van der Waals surface area contributed by atoms with Crippen LogP contribution in [0.3, 0.4) is 0 Å². The van der Waals surface area contributed by atoms with Crippen molar-refractivity contribution in [1.82, 2.24) is 9.88 Å². The van der Waals surface area contributed by atoms with E-state index in [1.165, 1.54) is 23.9 Å². The summed E-state index contributed by atoms with van der Waals surface area (Å²) in [7, 11) is 2.87. The van der Waals surface area contributed by atoms with Crippen molar-refractivity contribution >= 4 is 18.4 Å². The first-order valence-electron chi connectivity index (χ1n) is 5.28. The Morgan fingerprint density at radius 2 is 2.17 bits per heavy atom. The lowest BCUT2D eigenvalue weighted by Crippen LogP contribution is -2.50. The molecule has 1 N–H and O–H groups in total. The number of hydrogen-bond donors (Lipinski definition) is 1. The first-order chi connectivity index (χ1) is 8.11. The van der Waals surface area contributed by atoms with Crippen LogP contribution in [0.2, 0.25) is 0 Å². The summed E-state index contributed by atoms with van der Waals surface area (Å²) >= 11 is 0. The zero-order valence-corrected chi connectivity index (χ0v) is 11.0. The molecule has 0 amide bonds. The van der Waals surface area contributed by atoms with Crippen LogP contribution in [0.25, 0.3) is 0 Å². The molecule has 1 fully saturated rings.